The molecule has 5 nitrogen and oxygen atoms in total. The fourth-order valence-electron chi connectivity index (χ4n) is 4.05. The van der Waals surface area contributed by atoms with Crippen LogP contribution in [-0.4, -0.2) is 47.1 Å². The minimum atomic E-state index is -0.618. The van der Waals surface area contributed by atoms with Crippen molar-refractivity contribution >= 4 is 11.8 Å². The van der Waals surface area contributed by atoms with E-state index in [4.69, 9.17) is 0 Å². The van der Waals surface area contributed by atoms with Gasteiger partial charge in [0.25, 0.3) is 0 Å². The van der Waals surface area contributed by atoms with Gasteiger partial charge in [0.1, 0.15) is 0 Å². The van der Waals surface area contributed by atoms with E-state index in [2.05, 4.69) is 11.9 Å². The summed E-state index contributed by atoms with van der Waals surface area (Å²) in [6, 6.07) is 9.87. The molecule has 1 heterocycles. The van der Waals surface area contributed by atoms with Crippen LogP contribution < -0.4 is 5.32 Å². The van der Waals surface area contributed by atoms with Gasteiger partial charge in [-0.2, -0.15) is 0 Å². The molecule has 1 aliphatic carbocycles. The molecule has 2 atom stereocenters. The van der Waals surface area contributed by atoms with E-state index in [9.17, 15) is 14.7 Å². The fraction of sp³-hybridized carbons (Fsp3) is 0.500. The van der Waals surface area contributed by atoms with Crippen molar-refractivity contribution in [3.8, 4) is 0 Å². The lowest BCUT2D eigenvalue weighted by atomic mass is 9.71. The lowest BCUT2D eigenvalue weighted by Gasteiger charge is -2.41. The Balaban J connectivity index is 1.80. The van der Waals surface area contributed by atoms with Gasteiger partial charge in [0.2, 0.25) is 11.8 Å². The van der Waals surface area contributed by atoms with Gasteiger partial charge in [-0.25, -0.2) is 0 Å². The van der Waals surface area contributed by atoms with E-state index in [1.807, 2.05) is 30.3 Å². The summed E-state index contributed by atoms with van der Waals surface area (Å²) in [5.74, 6) is -0.0653. The molecule has 5 heteroatoms. The Hall–Kier alpha value is -2.14. The lowest BCUT2D eigenvalue weighted by Crippen LogP contribution is -2.54. The molecule has 3 rings (SSSR count). The highest BCUT2D eigenvalue weighted by molar-refractivity contribution is 5.90. The van der Waals surface area contributed by atoms with Crippen molar-refractivity contribution in [1.29, 1.82) is 0 Å². The number of carbonyl (C=O) groups is 2. The molecule has 0 unspecified atom stereocenters. The second kappa shape index (κ2) is 7.40. The number of likely N-dealkylation sites (tertiary alicyclic amines) is 1. The summed E-state index contributed by atoms with van der Waals surface area (Å²) in [5.41, 5.74) is 0.379. The van der Waals surface area contributed by atoms with Crippen molar-refractivity contribution in [2.45, 2.75) is 49.7 Å². The topological polar surface area (TPSA) is 69.6 Å². The smallest absolute Gasteiger partial charge is 0.245 e. The molecule has 1 aliphatic heterocycles. The molecule has 0 radical (unpaired) electrons. The largest absolute Gasteiger partial charge is 0.393 e. The van der Waals surface area contributed by atoms with Crippen LogP contribution in [0.5, 0.6) is 0 Å². The van der Waals surface area contributed by atoms with Gasteiger partial charge in [0.15, 0.2) is 0 Å². The maximum Gasteiger partial charge on any atom is 0.245 e. The summed E-state index contributed by atoms with van der Waals surface area (Å²) >= 11 is 0. The van der Waals surface area contributed by atoms with Crippen LogP contribution in [-0.2, 0) is 15.0 Å². The van der Waals surface area contributed by atoms with Crippen LogP contribution in [0.4, 0.5) is 0 Å². The van der Waals surface area contributed by atoms with Gasteiger partial charge in [-0.05, 0) is 43.7 Å². The van der Waals surface area contributed by atoms with Crippen LogP contribution in [0.3, 0.4) is 0 Å². The van der Waals surface area contributed by atoms with Gasteiger partial charge >= 0.3 is 0 Å². The highest BCUT2D eigenvalue weighted by Gasteiger charge is 2.44. The van der Waals surface area contributed by atoms with Gasteiger partial charge in [-0.15, -0.1) is 0 Å². The molecule has 0 aromatic heterocycles. The lowest BCUT2D eigenvalue weighted by molar-refractivity contribution is -0.134. The molecule has 2 fully saturated rings. The molecule has 2 aliphatic rings. The Labute approximate surface area is 148 Å². The molecule has 0 bridgehead atoms. The number of nitrogens with one attached hydrogen (secondary N) is 1. The van der Waals surface area contributed by atoms with E-state index < -0.39 is 5.41 Å². The van der Waals surface area contributed by atoms with Gasteiger partial charge in [0.05, 0.1) is 11.5 Å². The maximum atomic E-state index is 13.2. The SMILES string of the molecule is C=CC(=O)N1CCC(C(=O)N[C@H]2CC[C@@H](O)C2)(c2ccccc2)CC1. The highest BCUT2D eigenvalue weighted by atomic mass is 16.3. The molecule has 2 N–H and O–H groups in total. The van der Waals surface area contributed by atoms with E-state index in [0.29, 0.717) is 32.4 Å². The molecule has 2 amide bonds. The molecular formula is C20H26N2O3. The predicted molar refractivity (Wildman–Crippen MR) is 95.9 cm³/mol. The van der Waals surface area contributed by atoms with E-state index in [1.165, 1.54) is 6.08 Å². The zero-order valence-electron chi connectivity index (χ0n) is 14.5. The number of hydrogen-bond donors (Lipinski definition) is 2. The number of amides is 2. The molecule has 134 valence electrons. The minimum absolute atomic E-state index is 0.0171. The number of nitrogens with zero attached hydrogens (tertiary/aromatic N) is 1. The first kappa shape index (κ1) is 17.7. The third-order valence-corrected chi connectivity index (χ3v) is 5.60. The van der Waals surface area contributed by atoms with Crippen molar-refractivity contribution in [3.05, 3.63) is 48.6 Å². The van der Waals surface area contributed by atoms with Crippen molar-refractivity contribution in [2.75, 3.05) is 13.1 Å². The van der Waals surface area contributed by atoms with Crippen LogP contribution in [0, 0.1) is 0 Å². The Bertz CT molecular complexity index is 636. The molecule has 1 saturated carbocycles. The monoisotopic (exact) mass is 342 g/mol. The normalized spacial score (nSPS) is 25.4. The van der Waals surface area contributed by atoms with Crippen LogP contribution in [0.1, 0.15) is 37.7 Å². The van der Waals surface area contributed by atoms with Crippen LogP contribution in [0.2, 0.25) is 0 Å². The van der Waals surface area contributed by atoms with E-state index >= 15 is 0 Å². The number of aliphatic hydroxyl groups excluding tert-OH is 1. The number of benzene rings is 1. The minimum Gasteiger partial charge on any atom is -0.393 e. The van der Waals surface area contributed by atoms with Crippen LogP contribution in [0.25, 0.3) is 0 Å². The van der Waals surface area contributed by atoms with Gasteiger partial charge in [-0.3, -0.25) is 9.59 Å². The fourth-order valence-corrected chi connectivity index (χ4v) is 4.05. The van der Waals surface area contributed by atoms with E-state index in [-0.39, 0.29) is 24.0 Å². The summed E-state index contributed by atoms with van der Waals surface area (Å²) in [7, 11) is 0. The van der Waals surface area contributed by atoms with Gasteiger partial charge in [-0.1, -0.05) is 36.9 Å². The quantitative estimate of drug-likeness (QED) is 0.819. The molecular weight excluding hydrogens is 316 g/mol. The predicted octanol–water partition coefficient (Wildman–Crippen LogP) is 1.76. The Morgan fingerprint density at radius 1 is 1.20 bits per heavy atom. The number of rotatable bonds is 4. The second-order valence-electron chi connectivity index (χ2n) is 7.11. The van der Waals surface area contributed by atoms with Gasteiger partial charge < -0.3 is 15.3 Å². The molecule has 0 spiro atoms. The van der Waals surface area contributed by atoms with Crippen molar-refractivity contribution < 1.29 is 14.7 Å². The first-order valence-corrected chi connectivity index (χ1v) is 9.01. The highest BCUT2D eigenvalue weighted by Crippen LogP contribution is 2.36. The number of hydrogen-bond acceptors (Lipinski definition) is 3. The van der Waals surface area contributed by atoms with E-state index in [0.717, 1.165) is 18.4 Å². The first-order chi connectivity index (χ1) is 12.0. The number of piperidine rings is 1. The molecule has 1 aromatic carbocycles. The third-order valence-electron chi connectivity index (χ3n) is 5.60. The Morgan fingerprint density at radius 3 is 2.44 bits per heavy atom. The second-order valence-corrected chi connectivity index (χ2v) is 7.11. The third kappa shape index (κ3) is 3.61. The molecule has 1 aromatic rings. The summed E-state index contributed by atoms with van der Waals surface area (Å²) in [4.78, 5) is 26.8. The average molecular weight is 342 g/mol. The first-order valence-electron chi connectivity index (χ1n) is 9.01. The summed E-state index contributed by atoms with van der Waals surface area (Å²) in [6.45, 7) is 4.63. The van der Waals surface area contributed by atoms with Crippen molar-refractivity contribution in [3.63, 3.8) is 0 Å². The number of carbonyl (C=O) groups excluding carboxylic acids is 2. The van der Waals surface area contributed by atoms with Crippen molar-refractivity contribution in [1.82, 2.24) is 10.2 Å². The Morgan fingerprint density at radius 2 is 1.88 bits per heavy atom. The summed E-state index contributed by atoms with van der Waals surface area (Å²) in [5, 5.41) is 12.9. The summed E-state index contributed by atoms with van der Waals surface area (Å²) < 4.78 is 0. The Kier molecular flexibility index (Phi) is 5.23. The zero-order chi connectivity index (χ0) is 17.9. The van der Waals surface area contributed by atoms with Gasteiger partial charge in [0, 0.05) is 19.1 Å². The van der Waals surface area contributed by atoms with E-state index in [1.54, 1.807) is 4.90 Å². The zero-order valence-corrected chi connectivity index (χ0v) is 14.5. The van der Waals surface area contributed by atoms with Crippen molar-refractivity contribution in [2.24, 2.45) is 0 Å². The number of aliphatic hydroxyl groups is 1. The standard InChI is InChI=1S/C20H26N2O3/c1-2-18(24)22-12-10-20(11-13-22,15-6-4-3-5-7-15)19(25)21-16-8-9-17(23)14-16/h2-7,16-17,23H,1,8-14H2,(H,21,25)/t16-,17+/m0/s1. The summed E-state index contributed by atoms with van der Waals surface area (Å²) in [6.07, 6.45) is 4.39. The molecule has 25 heavy (non-hydrogen) atoms. The average Bonchev–Trinajstić information content (AvgIpc) is 3.06. The van der Waals surface area contributed by atoms with Crippen LogP contribution in [0.15, 0.2) is 43.0 Å². The maximum absolute atomic E-state index is 13.2. The molecule has 1 saturated heterocycles. The van der Waals surface area contributed by atoms with Crippen LogP contribution >= 0.6 is 0 Å².